The molecule has 2 rings (SSSR count). The van der Waals surface area contributed by atoms with Crippen molar-refractivity contribution < 1.29 is 4.74 Å². The van der Waals surface area contributed by atoms with Gasteiger partial charge in [-0.15, -0.1) is 11.3 Å². The highest BCUT2D eigenvalue weighted by Crippen LogP contribution is 2.40. The van der Waals surface area contributed by atoms with Crippen LogP contribution in [0.15, 0.2) is 14.3 Å². The van der Waals surface area contributed by atoms with Crippen LogP contribution in [0.2, 0.25) is 0 Å². The quantitative estimate of drug-likeness (QED) is 0.835. The molecule has 3 unspecified atom stereocenters. The zero-order valence-corrected chi connectivity index (χ0v) is 14.0. The van der Waals surface area contributed by atoms with Gasteiger partial charge in [-0.25, -0.2) is 0 Å². The molecule has 0 aromatic carbocycles. The molecular weight excluding hydrogens is 366 g/mol. The van der Waals surface area contributed by atoms with E-state index >= 15 is 0 Å². The fraction of sp³-hybridized carbons (Fsp3) is 0.667. The van der Waals surface area contributed by atoms with Crippen LogP contribution in [0.5, 0.6) is 0 Å². The SMILES string of the molecule is CCNC(c1cc(Br)c(Br)s1)C1COC(C)C1. The second-order valence-corrected chi connectivity index (χ2v) is 7.70. The predicted molar refractivity (Wildman–Crippen MR) is 79.7 cm³/mol. The van der Waals surface area contributed by atoms with Gasteiger partial charge in [-0.2, -0.15) is 0 Å². The van der Waals surface area contributed by atoms with Gasteiger partial charge in [-0.1, -0.05) is 6.92 Å². The number of halogens is 2. The summed E-state index contributed by atoms with van der Waals surface area (Å²) in [5.74, 6) is 0.586. The Hall–Kier alpha value is 0.580. The molecule has 5 heteroatoms. The molecule has 2 nitrogen and oxygen atoms in total. The maximum atomic E-state index is 5.69. The standard InChI is InChI=1S/C12H17Br2NOS/c1-3-15-11(8-4-7(2)16-6-8)10-5-9(13)12(14)17-10/h5,7-8,11,15H,3-4,6H2,1-2H3. The van der Waals surface area contributed by atoms with Gasteiger partial charge in [0.1, 0.15) is 0 Å². The largest absolute Gasteiger partial charge is 0.378 e. The van der Waals surface area contributed by atoms with Gasteiger partial charge in [0, 0.05) is 21.3 Å². The van der Waals surface area contributed by atoms with E-state index in [0.29, 0.717) is 18.1 Å². The average molecular weight is 383 g/mol. The third-order valence-corrected chi connectivity index (χ3v) is 6.44. The van der Waals surface area contributed by atoms with Crippen LogP contribution in [0.1, 0.15) is 31.2 Å². The van der Waals surface area contributed by atoms with Crippen molar-refractivity contribution in [3.05, 3.63) is 19.2 Å². The second kappa shape index (κ2) is 6.15. The number of hydrogen-bond acceptors (Lipinski definition) is 3. The Labute approximate surface area is 123 Å². The zero-order valence-electron chi connectivity index (χ0n) is 10.0. The molecule has 1 aliphatic heterocycles. The first-order chi connectivity index (χ1) is 8.11. The first-order valence-electron chi connectivity index (χ1n) is 5.91. The molecule has 0 amide bonds. The summed E-state index contributed by atoms with van der Waals surface area (Å²) in [6.07, 6.45) is 1.54. The molecule has 0 spiro atoms. The maximum Gasteiger partial charge on any atom is 0.0843 e. The van der Waals surface area contributed by atoms with Gasteiger partial charge < -0.3 is 10.1 Å². The third kappa shape index (κ3) is 3.32. The summed E-state index contributed by atoms with van der Waals surface area (Å²) < 4.78 is 8.01. The van der Waals surface area contributed by atoms with Crippen LogP contribution in [-0.2, 0) is 4.74 Å². The summed E-state index contributed by atoms with van der Waals surface area (Å²) in [5.41, 5.74) is 0. The lowest BCUT2D eigenvalue weighted by molar-refractivity contribution is 0.117. The van der Waals surface area contributed by atoms with E-state index in [4.69, 9.17) is 4.74 Å². The van der Waals surface area contributed by atoms with E-state index in [1.165, 1.54) is 8.66 Å². The van der Waals surface area contributed by atoms with E-state index in [0.717, 1.165) is 24.0 Å². The van der Waals surface area contributed by atoms with Crippen LogP contribution < -0.4 is 5.32 Å². The number of ether oxygens (including phenoxy) is 1. The molecule has 96 valence electrons. The van der Waals surface area contributed by atoms with Gasteiger partial charge in [0.2, 0.25) is 0 Å². The molecule has 1 saturated heterocycles. The molecule has 1 N–H and O–H groups in total. The van der Waals surface area contributed by atoms with Crippen molar-refractivity contribution in [1.82, 2.24) is 5.32 Å². The highest BCUT2D eigenvalue weighted by molar-refractivity contribution is 9.13. The average Bonchev–Trinajstić information content (AvgIpc) is 2.83. The summed E-state index contributed by atoms with van der Waals surface area (Å²) in [7, 11) is 0. The highest BCUT2D eigenvalue weighted by atomic mass is 79.9. The normalized spacial score (nSPS) is 26.4. The van der Waals surface area contributed by atoms with Crippen LogP contribution in [0, 0.1) is 5.92 Å². The Kier molecular flexibility index (Phi) is 5.06. The van der Waals surface area contributed by atoms with Crippen molar-refractivity contribution in [2.45, 2.75) is 32.4 Å². The molecule has 17 heavy (non-hydrogen) atoms. The lowest BCUT2D eigenvalue weighted by Crippen LogP contribution is -2.27. The molecule has 1 aromatic heterocycles. The molecule has 1 aromatic rings. The third-order valence-electron chi connectivity index (χ3n) is 3.10. The molecular formula is C12H17Br2NOS. The van der Waals surface area contributed by atoms with Gasteiger partial charge in [0.05, 0.1) is 16.5 Å². The molecule has 0 aliphatic carbocycles. The van der Waals surface area contributed by atoms with Crippen LogP contribution >= 0.6 is 43.2 Å². The molecule has 0 saturated carbocycles. The summed E-state index contributed by atoms with van der Waals surface area (Å²) >= 11 is 8.93. The number of hydrogen-bond donors (Lipinski definition) is 1. The minimum atomic E-state index is 0.396. The predicted octanol–water partition coefficient (Wildman–Crippen LogP) is 4.35. The van der Waals surface area contributed by atoms with Crippen molar-refractivity contribution in [3.8, 4) is 0 Å². The van der Waals surface area contributed by atoms with Gasteiger partial charge in [-0.3, -0.25) is 0 Å². The van der Waals surface area contributed by atoms with Crippen LogP contribution in [0.25, 0.3) is 0 Å². The maximum absolute atomic E-state index is 5.69. The molecule has 0 bridgehead atoms. The smallest absolute Gasteiger partial charge is 0.0843 e. The first-order valence-corrected chi connectivity index (χ1v) is 8.31. The Morgan fingerprint density at radius 3 is 2.82 bits per heavy atom. The summed E-state index contributed by atoms with van der Waals surface area (Å²) in [6.45, 7) is 6.17. The van der Waals surface area contributed by atoms with Gasteiger partial charge in [-0.05, 0) is 57.8 Å². The fourth-order valence-electron chi connectivity index (χ4n) is 2.32. The monoisotopic (exact) mass is 381 g/mol. The number of rotatable bonds is 4. The molecule has 0 radical (unpaired) electrons. The van der Waals surface area contributed by atoms with E-state index in [-0.39, 0.29) is 0 Å². The lowest BCUT2D eigenvalue weighted by Gasteiger charge is -2.22. The molecule has 3 atom stereocenters. The minimum Gasteiger partial charge on any atom is -0.378 e. The van der Waals surface area contributed by atoms with Gasteiger partial charge in [0.15, 0.2) is 0 Å². The first kappa shape index (κ1) is 14.0. The fourth-order valence-corrected chi connectivity index (χ4v) is 4.58. The van der Waals surface area contributed by atoms with Crippen molar-refractivity contribution in [2.24, 2.45) is 5.92 Å². The Bertz CT molecular complexity index is 363. The van der Waals surface area contributed by atoms with E-state index in [2.05, 4.69) is 57.1 Å². The minimum absolute atomic E-state index is 0.396. The topological polar surface area (TPSA) is 21.3 Å². The zero-order chi connectivity index (χ0) is 12.4. The summed E-state index contributed by atoms with van der Waals surface area (Å²) in [6, 6.07) is 2.63. The van der Waals surface area contributed by atoms with Gasteiger partial charge in [0.25, 0.3) is 0 Å². The Morgan fingerprint density at radius 1 is 1.59 bits per heavy atom. The van der Waals surface area contributed by atoms with Crippen molar-refractivity contribution in [1.29, 1.82) is 0 Å². The molecule has 1 fully saturated rings. The van der Waals surface area contributed by atoms with Crippen LogP contribution in [0.4, 0.5) is 0 Å². The summed E-state index contributed by atoms with van der Waals surface area (Å²) in [5, 5.41) is 3.59. The Balaban J connectivity index is 2.16. The van der Waals surface area contributed by atoms with Crippen LogP contribution in [-0.4, -0.2) is 19.3 Å². The second-order valence-electron chi connectivity index (χ2n) is 4.45. The number of nitrogens with one attached hydrogen (secondary N) is 1. The highest BCUT2D eigenvalue weighted by Gasteiger charge is 2.31. The van der Waals surface area contributed by atoms with E-state index in [1.54, 1.807) is 11.3 Å². The van der Waals surface area contributed by atoms with E-state index < -0.39 is 0 Å². The molecule has 2 heterocycles. The summed E-state index contributed by atoms with van der Waals surface area (Å²) in [4.78, 5) is 1.38. The Morgan fingerprint density at radius 2 is 2.35 bits per heavy atom. The number of thiophene rings is 1. The van der Waals surface area contributed by atoms with Crippen molar-refractivity contribution in [2.75, 3.05) is 13.2 Å². The van der Waals surface area contributed by atoms with Crippen molar-refractivity contribution in [3.63, 3.8) is 0 Å². The van der Waals surface area contributed by atoms with E-state index in [1.807, 2.05) is 0 Å². The van der Waals surface area contributed by atoms with Gasteiger partial charge >= 0.3 is 0 Å². The van der Waals surface area contributed by atoms with Crippen LogP contribution in [0.3, 0.4) is 0 Å². The van der Waals surface area contributed by atoms with Crippen molar-refractivity contribution >= 4 is 43.2 Å². The molecule has 1 aliphatic rings. The van der Waals surface area contributed by atoms with E-state index in [9.17, 15) is 0 Å². The lowest BCUT2D eigenvalue weighted by atomic mass is 9.95.